The van der Waals surface area contributed by atoms with Crippen LogP contribution >= 0.6 is 7.60 Å². The Labute approximate surface area is 134 Å². The Morgan fingerprint density at radius 3 is 2.57 bits per heavy atom. The highest BCUT2D eigenvalue weighted by atomic mass is 31.2. The Balaban J connectivity index is 2.01. The average Bonchev–Trinajstić information content (AvgIpc) is 2.49. The summed E-state index contributed by atoms with van der Waals surface area (Å²) >= 11 is 0. The number of benzene rings is 2. The van der Waals surface area contributed by atoms with Crippen LogP contribution in [0.3, 0.4) is 0 Å². The minimum absolute atomic E-state index is 0.0337. The van der Waals surface area contributed by atoms with Crippen molar-refractivity contribution in [3.8, 4) is 0 Å². The fourth-order valence-electron chi connectivity index (χ4n) is 2.03. The Hall–Kier alpha value is -1.98. The molecule has 0 fully saturated rings. The number of hydrogen-bond acceptors (Lipinski definition) is 3. The Bertz CT molecular complexity index is 768. The molecular weight excluding hydrogens is 317 g/mol. The SMILES string of the molecule is CC(=O)N(C/C=C/P(=O)(O)O)OCc1ccc2ccccc2c1. The first-order valence-electron chi connectivity index (χ1n) is 6.97. The fourth-order valence-corrected chi connectivity index (χ4v) is 2.40. The summed E-state index contributed by atoms with van der Waals surface area (Å²) in [6, 6.07) is 13.8. The van der Waals surface area contributed by atoms with Gasteiger partial charge in [-0.1, -0.05) is 42.5 Å². The molecule has 23 heavy (non-hydrogen) atoms. The third kappa shape index (κ3) is 5.62. The van der Waals surface area contributed by atoms with Crippen LogP contribution in [0, 0.1) is 0 Å². The van der Waals surface area contributed by atoms with Gasteiger partial charge < -0.3 is 9.79 Å². The van der Waals surface area contributed by atoms with Crippen LogP contribution in [0.15, 0.2) is 54.4 Å². The van der Waals surface area contributed by atoms with Gasteiger partial charge in [0, 0.05) is 12.7 Å². The van der Waals surface area contributed by atoms with E-state index >= 15 is 0 Å². The van der Waals surface area contributed by atoms with Crippen molar-refractivity contribution in [1.29, 1.82) is 0 Å². The van der Waals surface area contributed by atoms with E-state index in [0.29, 0.717) is 0 Å². The molecule has 0 radical (unpaired) electrons. The van der Waals surface area contributed by atoms with E-state index in [4.69, 9.17) is 14.6 Å². The zero-order valence-corrected chi connectivity index (χ0v) is 13.5. The summed E-state index contributed by atoms with van der Waals surface area (Å²) in [5, 5.41) is 3.25. The molecule has 2 N–H and O–H groups in total. The summed E-state index contributed by atoms with van der Waals surface area (Å²) in [7, 11) is -4.23. The minimum atomic E-state index is -4.23. The van der Waals surface area contributed by atoms with E-state index < -0.39 is 7.60 Å². The lowest BCUT2D eigenvalue weighted by Crippen LogP contribution is -2.28. The lowest BCUT2D eigenvalue weighted by atomic mass is 10.1. The van der Waals surface area contributed by atoms with Gasteiger partial charge in [-0.05, 0) is 22.4 Å². The predicted octanol–water partition coefficient (Wildman–Crippen LogP) is 2.81. The van der Waals surface area contributed by atoms with Gasteiger partial charge in [-0.2, -0.15) is 0 Å². The van der Waals surface area contributed by atoms with Crippen LogP contribution in [0.1, 0.15) is 12.5 Å². The molecule has 2 aromatic carbocycles. The van der Waals surface area contributed by atoms with E-state index in [-0.39, 0.29) is 19.1 Å². The number of nitrogens with zero attached hydrogens (tertiary/aromatic N) is 1. The number of hydrogen-bond donors (Lipinski definition) is 2. The molecule has 0 aromatic heterocycles. The van der Waals surface area contributed by atoms with Gasteiger partial charge in [0.1, 0.15) is 6.61 Å². The van der Waals surface area contributed by atoms with E-state index in [1.165, 1.54) is 13.0 Å². The molecule has 0 aliphatic carbocycles. The van der Waals surface area contributed by atoms with Crippen molar-refractivity contribution in [2.75, 3.05) is 6.54 Å². The maximum atomic E-state index is 11.5. The molecule has 7 heteroatoms. The average molecular weight is 335 g/mol. The van der Waals surface area contributed by atoms with Gasteiger partial charge in [-0.25, -0.2) is 5.06 Å². The van der Waals surface area contributed by atoms with E-state index in [9.17, 15) is 9.36 Å². The second-order valence-electron chi connectivity index (χ2n) is 5.01. The van der Waals surface area contributed by atoms with Gasteiger partial charge in [-0.3, -0.25) is 14.2 Å². The summed E-state index contributed by atoms with van der Waals surface area (Å²) in [5.41, 5.74) is 0.897. The smallest absolute Gasteiger partial charge is 0.321 e. The van der Waals surface area contributed by atoms with Gasteiger partial charge in [0.25, 0.3) is 0 Å². The summed E-state index contributed by atoms with van der Waals surface area (Å²) in [6.07, 6.45) is 1.21. The Morgan fingerprint density at radius 1 is 1.22 bits per heavy atom. The second kappa shape index (κ2) is 7.53. The van der Waals surface area contributed by atoms with Gasteiger partial charge in [-0.15, -0.1) is 0 Å². The number of fused-ring (bicyclic) bond motifs is 1. The Morgan fingerprint density at radius 2 is 1.91 bits per heavy atom. The fraction of sp³-hybridized carbons (Fsp3) is 0.188. The van der Waals surface area contributed by atoms with Gasteiger partial charge in [0.2, 0.25) is 5.91 Å². The van der Waals surface area contributed by atoms with Crippen molar-refractivity contribution in [3.63, 3.8) is 0 Å². The number of rotatable bonds is 6. The molecule has 6 nitrogen and oxygen atoms in total. The minimum Gasteiger partial charge on any atom is -0.321 e. The largest absolute Gasteiger partial charge is 0.348 e. The molecule has 2 rings (SSSR count). The van der Waals surface area contributed by atoms with Crippen molar-refractivity contribution >= 4 is 24.3 Å². The van der Waals surface area contributed by atoms with Crippen LogP contribution in [-0.2, 0) is 20.8 Å². The lowest BCUT2D eigenvalue weighted by molar-refractivity contribution is -0.185. The number of hydroxylamine groups is 2. The quantitative estimate of drug-likeness (QED) is 0.626. The lowest BCUT2D eigenvalue weighted by Gasteiger charge is -2.18. The molecule has 0 saturated heterocycles. The predicted molar refractivity (Wildman–Crippen MR) is 87.3 cm³/mol. The standard InChI is InChI=1S/C16H18NO5P/c1-13(18)17(9-4-10-23(19,20)21)22-12-14-7-8-15-5-2-3-6-16(15)11-14/h2-8,10-11H,9,12H2,1H3,(H2,19,20,21)/b10-4+. The summed E-state index contributed by atoms with van der Waals surface area (Å²) in [6.45, 7) is 1.48. The maximum absolute atomic E-state index is 11.5. The van der Waals surface area contributed by atoms with Gasteiger partial charge in [0.05, 0.1) is 6.54 Å². The maximum Gasteiger partial charge on any atom is 0.348 e. The molecule has 122 valence electrons. The number of amides is 1. The van der Waals surface area contributed by atoms with Crippen molar-refractivity contribution in [2.45, 2.75) is 13.5 Å². The van der Waals surface area contributed by atoms with Crippen LogP contribution < -0.4 is 0 Å². The third-order valence-corrected chi connectivity index (χ3v) is 3.72. The monoisotopic (exact) mass is 335 g/mol. The van der Waals surface area contributed by atoms with E-state index in [0.717, 1.165) is 27.2 Å². The van der Waals surface area contributed by atoms with E-state index in [1.54, 1.807) is 0 Å². The first kappa shape index (κ1) is 17.4. The van der Waals surface area contributed by atoms with Gasteiger partial charge >= 0.3 is 7.60 Å². The molecule has 0 aliphatic rings. The van der Waals surface area contributed by atoms with Crippen LogP contribution in [0.25, 0.3) is 10.8 Å². The van der Waals surface area contributed by atoms with Crippen LogP contribution in [0.2, 0.25) is 0 Å². The van der Waals surface area contributed by atoms with Gasteiger partial charge in [0.15, 0.2) is 0 Å². The van der Waals surface area contributed by atoms with E-state index in [2.05, 4.69) is 0 Å². The van der Waals surface area contributed by atoms with Crippen LogP contribution in [0.5, 0.6) is 0 Å². The van der Waals surface area contributed by atoms with Crippen molar-refractivity contribution < 1.29 is 24.0 Å². The molecule has 0 heterocycles. The number of carbonyl (C=O) groups is 1. The normalized spacial score (nSPS) is 12.0. The highest BCUT2D eigenvalue weighted by molar-refractivity contribution is 7.55. The zero-order valence-electron chi connectivity index (χ0n) is 12.6. The van der Waals surface area contributed by atoms with Crippen molar-refractivity contribution in [2.24, 2.45) is 0 Å². The molecule has 1 amide bonds. The first-order valence-corrected chi connectivity index (χ1v) is 8.65. The first-order chi connectivity index (χ1) is 10.8. The van der Waals surface area contributed by atoms with Crippen molar-refractivity contribution in [1.82, 2.24) is 5.06 Å². The molecule has 0 saturated carbocycles. The third-order valence-electron chi connectivity index (χ3n) is 3.12. The molecule has 0 unspecified atom stereocenters. The number of carbonyl (C=O) groups excluding carboxylic acids is 1. The van der Waals surface area contributed by atoms with Crippen molar-refractivity contribution in [3.05, 3.63) is 59.9 Å². The van der Waals surface area contributed by atoms with Crippen LogP contribution in [0.4, 0.5) is 0 Å². The summed E-state index contributed by atoms with van der Waals surface area (Å²) in [4.78, 5) is 34.5. The zero-order chi connectivity index (χ0) is 16.9. The second-order valence-corrected chi connectivity index (χ2v) is 6.49. The molecule has 0 atom stereocenters. The summed E-state index contributed by atoms with van der Waals surface area (Å²) in [5.74, 6) is 0.406. The molecule has 0 bridgehead atoms. The molecule has 0 spiro atoms. The topological polar surface area (TPSA) is 87.1 Å². The van der Waals surface area contributed by atoms with E-state index in [1.807, 2.05) is 42.5 Å². The molecule has 2 aromatic rings. The molecular formula is C16H18NO5P. The molecule has 0 aliphatic heterocycles. The highest BCUT2D eigenvalue weighted by Crippen LogP contribution is 2.35. The summed E-state index contributed by atoms with van der Waals surface area (Å²) < 4.78 is 10.7. The van der Waals surface area contributed by atoms with Crippen LogP contribution in [-0.4, -0.2) is 27.3 Å². The Kier molecular flexibility index (Phi) is 5.69. The highest BCUT2D eigenvalue weighted by Gasteiger charge is 2.10.